The summed E-state index contributed by atoms with van der Waals surface area (Å²) in [6.07, 6.45) is 7.16. The number of thiazole rings is 1. The number of aliphatic hydroxyl groups is 1. The molecule has 0 bridgehead atoms. The lowest BCUT2D eigenvalue weighted by atomic mass is 9.85. The summed E-state index contributed by atoms with van der Waals surface area (Å²) in [7, 11) is 0. The van der Waals surface area contributed by atoms with Crippen molar-refractivity contribution in [3.8, 4) is 0 Å². The van der Waals surface area contributed by atoms with Crippen LogP contribution in [0, 0.1) is 0 Å². The van der Waals surface area contributed by atoms with Gasteiger partial charge in [0, 0.05) is 13.0 Å². The van der Waals surface area contributed by atoms with Crippen molar-refractivity contribution in [1.82, 2.24) is 10.3 Å². The zero-order chi connectivity index (χ0) is 16.1. The van der Waals surface area contributed by atoms with E-state index in [1.165, 1.54) is 23.3 Å². The Bertz CT molecular complexity index is 648. The Kier molecular flexibility index (Phi) is 5.08. The first-order valence-corrected chi connectivity index (χ1v) is 8.95. The first kappa shape index (κ1) is 16.1. The van der Waals surface area contributed by atoms with E-state index in [0.717, 1.165) is 37.1 Å². The third kappa shape index (κ3) is 4.39. The molecule has 1 aliphatic carbocycles. The standard InChI is InChI=1S/C18H22N2O2S/c21-17(20-13-18(22)9-5-2-6-10-18)15-12-19-16(23-15)11-14-7-3-1-4-8-14/h1,3-4,7-8,12,22H,2,5-6,9-11,13H2,(H,20,21). The largest absolute Gasteiger partial charge is 0.388 e. The predicted octanol–water partition coefficient (Wildman–Crippen LogP) is 3.16. The van der Waals surface area contributed by atoms with Gasteiger partial charge in [0.05, 0.1) is 16.8 Å². The highest BCUT2D eigenvalue weighted by Crippen LogP contribution is 2.27. The molecule has 4 nitrogen and oxygen atoms in total. The van der Waals surface area contributed by atoms with E-state index in [9.17, 15) is 9.90 Å². The molecular formula is C18H22N2O2S. The van der Waals surface area contributed by atoms with Gasteiger partial charge >= 0.3 is 0 Å². The van der Waals surface area contributed by atoms with E-state index in [1.807, 2.05) is 18.2 Å². The van der Waals surface area contributed by atoms with E-state index < -0.39 is 5.60 Å². The van der Waals surface area contributed by atoms with Crippen LogP contribution < -0.4 is 5.32 Å². The van der Waals surface area contributed by atoms with Gasteiger partial charge in [-0.3, -0.25) is 4.79 Å². The van der Waals surface area contributed by atoms with Crippen LogP contribution in [0.1, 0.15) is 52.3 Å². The SMILES string of the molecule is O=C(NCC1(O)CCCCC1)c1cnc(Cc2ccccc2)s1. The second kappa shape index (κ2) is 7.23. The summed E-state index contributed by atoms with van der Waals surface area (Å²) in [5.41, 5.74) is 0.455. The van der Waals surface area contributed by atoms with Crippen molar-refractivity contribution >= 4 is 17.2 Å². The van der Waals surface area contributed by atoms with Crippen molar-refractivity contribution in [2.75, 3.05) is 6.54 Å². The molecule has 0 aliphatic heterocycles. The molecule has 1 fully saturated rings. The summed E-state index contributed by atoms with van der Waals surface area (Å²) in [6.45, 7) is 0.331. The van der Waals surface area contributed by atoms with Gasteiger partial charge in [0.25, 0.3) is 5.91 Å². The monoisotopic (exact) mass is 330 g/mol. The first-order valence-electron chi connectivity index (χ1n) is 8.14. The van der Waals surface area contributed by atoms with Gasteiger partial charge in [-0.1, -0.05) is 49.6 Å². The molecule has 0 radical (unpaired) electrons. The molecule has 1 amide bonds. The van der Waals surface area contributed by atoms with Crippen LogP contribution in [0.15, 0.2) is 36.5 Å². The number of amides is 1. The van der Waals surface area contributed by atoms with Crippen LogP contribution in [0.3, 0.4) is 0 Å². The van der Waals surface area contributed by atoms with Gasteiger partial charge in [-0.2, -0.15) is 0 Å². The molecule has 5 heteroatoms. The molecule has 0 unspecified atom stereocenters. The number of aromatic nitrogens is 1. The fourth-order valence-corrected chi connectivity index (χ4v) is 3.85. The highest BCUT2D eigenvalue weighted by molar-refractivity contribution is 7.13. The van der Waals surface area contributed by atoms with E-state index >= 15 is 0 Å². The minimum atomic E-state index is -0.731. The maximum Gasteiger partial charge on any atom is 0.263 e. The van der Waals surface area contributed by atoms with Gasteiger partial charge in [0.2, 0.25) is 0 Å². The number of hydrogen-bond donors (Lipinski definition) is 2. The fourth-order valence-electron chi connectivity index (χ4n) is 2.99. The maximum absolute atomic E-state index is 12.2. The maximum atomic E-state index is 12.2. The molecule has 1 aromatic heterocycles. The van der Waals surface area contributed by atoms with E-state index in [4.69, 9.17) is 0 Å². The van der Waals surface area contributed by atoms with Crippen LogP contribution in [-0.4, -0.2) is 28.1 Å². The van der Waals surface area contributed by atoms with Crippen LogP contribution >= 0.6 is 11.3 Å². The average Bonchev–Trinajstić information content (AvgIpc) is 3.03. The number of nitrogens with zero attached hydrogens (tertiary/aromatic N) is 1. The Balaban J connectivity index is 1.56. The predicted molar refractivity (Wildman–Crippen MR) is 91.7 cm³/mol. The lowest BCUT2D eigenvalue weighted by Gasteiger charge is -2.31. The van der Waals surface area contributed by atoms with Gasteiger partial charge in [-0.15, -0.1) is 11.3 Å². The Labute approximate surface area is 140 Å². The smallest absolute Gasteiger partial charge is 0.263 e. The number of nitrogens with one attached hydrogen (secondary N) is 1. The average molecular weight is 330 g/mol. The van der Waals surface area contributed by atoms with E-state index in [1.54, 1.807) is 6.20 Å². The highest BCUT2D eigenvalue weighted by Gasteiger charge is 2.29. The number of rotatable bonds is 5. The molecule has 2 aromatic rings. The first-order chi connectivity index (χ1) is 11.1. The molecule has 1 aliphatic rings. The van der Waals surface area contributed by atoms with Crippen LogP contribution in [0.25, 0.3) is 0 Å². The number of carbonyl (C=O) groups excluding carboxylic acids is 1. The molecule has 1 heterocycles. The Hall–Kier alpha value is -1.72. The minimum absolute atomic E-state index is 0.138. The number of carbonyl (C=O) groups is 1. The lowest BCUT2D eigenvalue weighted by Crippen LogP contribution is -2.44. The molecule has 23 heavy (non-hydrogen) atoms. The Morgan fingerprint density at radius 2 is 1.96 bits per heavy atom. The van der Waals surface area contributed by atoms with Crippen molar-refractivity contribution in [2.24, 2.45) is 0 Å². The third-order valence-electron chi connectivity index (χ3n) is 4.34. The summed E-state index contributed by atoms with van der Waals surface area (Å²) in [5.74, 6) is -0.138. The van der Waals surface area contributed by atoms with Gasteiger partial charge in [-0.05, 0) is 18.4 Å². The quantitative estimate of drug-likeness (QED) is 0.885. The third-order valence-corrected chi connectivity index (χ3v) is 5.33. The van der Waals surface area contributed by atoms with Crippen LogP contribution in [0.5, 0.6) is 0 Å². The van der Waals surface area contributed by atoms with E-state index in [2.05, 4.69) is 22.4 Å². The molecular weight excluding hydrogens is 308 g/mol. The summed E-state index contributed by atoms with van der Waals surface area (Å²) in [6, 6.07) is 10.1. The number of benzene rings is 1. The fraction of sp³-hybridized carbons (Fsp3) is 0.444. The van der Waals surface area contributed by atoms with Gasteiger partial charge < -0.3 is 10.4 Å². The minimum Gasteiger partial charge on any atom is -0.388 e. The zero-order valence-electron chi connectivity index (χ0n) is 13.1. The molecule has 122 valence electrons. The van der Waals surface area contributed by atoms with E-state index in [-0.39, 0.29) is 5.91 Å². The second-order valence-electron chi connectivity index (χ2n) is 6.25. The van der Waals surface area contributed by atoms with Crippen molar-refractivity contribution in [3.63, 3.8) is 0 Å². The van der Waals surface area contributed by atoms with Crippen LogP contribution in [0.4, 0.5) is 0 Å². The van der Waals surface area contributed by atoms with Crippen molar-refractivity contribution in [1.29, 1.82) is 0 Å². The number of hydrogen-bond acceptors (Lipinski definition) is 4. The van der Waals surface area contributed by atoms with Crippen LogP contribution in [-0.2, 0) is 6.42 Å². The summed E-state index contributed by atoms with van der Waals surface area (Å²) >= 11 is 1.42. The highest BCUT2D eigenvalue weighted by atomic mass is 32.1. The van der Waals surface area contributed by atoms with Gasteiger partial charge in [0.15, 0.2) is 0 Å². The van der Waals surface area contributed by atoms with E-state index in [0.29, 0.717) is 11.4 Å². The zero-order valence-corrected chi connectivity index (χ0v) is 13.9. The van der Waals surface area contributed by atoms with Gasteiger partial charge in [-0.25, -0.2) is 4.98 Å². The molecule has 0 spiro atoms. The molecule has 0 saturated heterocycles. The van der Waals surface area contributed by atoms with Crippen LogP contribution in [0.2, 0.25) is 0 Å². The topological polar surface area (TPSA) is 62.2 Å². The Morgan fingerprint density at radius 3 is 2.70 bits per heavy atom. The normalized spacial score (nSPS) is 16.9. The van der Waals surface area contributed by atoms with Gasteiger partial charge in [0.1, 0.15) is 4.88 Å². The van der Waals surface area contributed by atoms with Crippen molar-refractivity contribution in [2.45, 2.75) is 44.1 Å². The summed E-state index contributed by atoms with van der Waals surface area (Å²) < 4.78 is 0. The summed E-state index contributed by atoms with van der Waals surface area (Å²) in [4.78, 5) is 17.2. The molecule has 0 atom stereocenters. The van der Waals surface area contributed by atoms with Crippen molar-refractivity contribution < 1.29 is 9.90 Å². The second-order valence-corrected chi connectivity index (χ2v) is 7.36. The molecule has 3 rings (SSSR count). The molecule has 1 saturated carbocycles. The molecule has 1 aromatic carbocycles. The summed E-state index contributed by atoms with van der Waals surface area (Å²) in [5, 5.41) is 14.2. The Morgan fingerprint density at radius 1 is 1.22 bits per heavy atom. The lowest BCUT2D eigenvalue weighted by molar-refractivity contribution is 0.00529. The molecule has 2 N–H and O–H groups in total. The van der Waals surface area contributed by atoms with Crippen molar-refractivity contribution in [3.05, 3.63) is 52.0 Å².